The van der Waals surface area contributed by atoms with Crippen molar-refractivity contribution in [3.05, 3.63) is 121 Å². The van der Waals surface area contributed by atoms with Crippen LogP contribution in [-0.4, -0.2) is 5.90 Å². The molecule has 0 unspecified atom stereocenters. The summed E-state index contributed by atoms with van der Waals surface area (Å²) in [5, 5.41) is 5.51. The molecule has 160 valence electrons. The summed E-state index contributed by atoms with van der Waals surface area (Å²) in [5.41, 5.74) is 0. The lowest BCUT2D eigenvalue weighted by atomic mass is 10.4. The summed E-state index contributed by atoms with van der Waals surface area (Å²) in [6, 6.07) is 43.7. The van der Waals surface area contributed by atoms with E-state index < -0.39 is 11.9 Å². The molecule has 0 aromatic heterocycles. The van der Waals surface area contributed by atoms with Gasteiger partial charge in [-0.2, -0.15) is 0 Å². The number of rotatable bonds is 6. The fourth-order valence-electron chi connectivity index (χ4n) is 3.55. The molecule has 0 fully saturated rings. The molecule has 0 aliphatic rings. The number of halogens is 4. The summed E-state index contributed by atoms with van der Waals surface area (Å²) in [4.78, 5) is 0. The molecule has 0 nitrogen and oxygen atoms in total. The molecular weight excluding hydrogens is 682 g/mol. The van der Waals surface area contributed by atoms with Crippen LogP contribution in [0, 0.1) is 0 Å². The molecule has 0 amide bonds. The molecule has 4 rings (SSSR count). The Balaban J connectivity index is 0.00000171. The predicted molar refractivity (Wildman–Crippen MR) is 141 cm³/mol. The van der Waals surface area contributed by atoms with E-state index in [1.807, 2.05) is 0 Å². The maximum Gasteiger partial charge on any atom is 0.199 e. The highest BCUT2D eigenvalue weighted by atomic mass is 79.9. The lowest BCUT2D eigenvalue weighted by molar-refractivity contribution is -0.001000. The molecule has 4 aromatic rings. The fourth-order valence-corrected chi connectivity index (χ4v) is 23.1. The zero-order valence-electron chi connectivity index (χ0n) is 16.7. The average Bonchev–Trinajstić information content (AvgIpc) is 2.81. The summed E-state index contributed by atoms with van der Waals surface area (Å²) in [6.45, 7) is 0. The second-order valence-corrected chi connectivity index (χ2v) is 20.2. The van der Waals surface area contributed by atoms with Gasteiger partial charge in [0, 0.05) is 0 Å². The van der Waals surface area contributed by atoms with Crippen molar-refractivity contribution >= 4 is 64.1 Å². The van der Waals surface area contributed by atoms with E-state index >= 15 is 0 Å². The fraction of sp³-hybridized carbons (Fsp3) is 0.0400. The molecule has 0 aliphatic heterocycles. The van der Waals surface area contributed by atoms with Gasteiger partial charge in [0.05, 0.1) is 0 Å². The normalized spacial score (nSPS) is 11.2. The second kappa shape index (κ2) is 12.2. The third-order valence-corrected chi connectivity index (χ3v) is 21.6. The Bertz CT molecular complexity index is 880. The highest BCUT2D eigenvalue weighted by Gasteiger charge is 2.56. The zero-order chi connectivity index (χ0) is 20.2. The monoisotopic (exact) mass is 700 g/mol. The van der Waals surface area contributed by atoms with E-state index in [2.05, 4.69) is 152 Å². The molecule has 0 atom stereocenters. The molecule has 0 spiro atoms. The first-order chi connectivity index (χ1) is 14.1. The zero-order valence-corrected chi connectivity index (χ0v) is 24.8. The van der Waals surface area contributed by atoms with Gasteiger partial charge in [-0.15, -0.1) is 0 Å². The molecule has 0 saturated carbocycles. The van der Waals surface area contributed by atoms with Crippen molar-refractivity contribution in [2.24, 2.45) is 0 Å². The van der Waals surface area contributed by atoms with Crippen LogP contribution in [0.15, 0.2) is 121 Å². The molecular formula is C25H22Br4P2. The Hall–Kier alpha value is -0.340. The standard InChI is InChI=1S/C25H22Br2P2.2BrH/c26-28(22-13-5-1-6-14-22,23-15-7-2-8-16-23)21-29(27,24-17-9-3-10-18-24)25-19-11-4-12-20-25;;/h1-20H,21H2;2*1H/q+2;;/p-2. The number of hydrogen-bond donors (Lipinski definition) is 0. The maximum absolute atomic E-state index is 4.34. The first-order valence-corrected chi connectivity index (χ1v) is 17.5. The van der Waals surface area contributed by atoms with Crippen molar-refractivity contribution in [1.82, 2.24) is 0 Å². The van der Waals surface area contributed by atoms with Crippen LogP contribution in [0.1, 0.15) is 0 Å². The van der Waals surface area contributed by atoms with Crippen molar-refractivity contribution in [1.29, 1.82) is 0 Å². The van der Waals surface area contributed by atoms with Gasteiger partial charge in [-0.1, -0.05) is 72.8 Å². The van der Waals surface area contributed by atoms with Gasteiger partial charge >= 0.3 is 0 Å². The van der Waals surface area contributed by atoms with Crippen LogP contribution in [0.3, 0.4) is 0 Å². The third-order valence-electron chi connectivity index (χ3n) is 5.05. The SMILES string of the molecule is Br[P+](C[P+](Br)(c1ccccc1)c1ccccc1)(c1ccccc1)c1ccccc1.[Br-].[Br-]. The smallest absolute Gasteiger partial charge is 0.199 e. The molecule has 0 saturated heterocycles. The summed E-state index contributed by atoms with van der Waals surface area (Å²) < 4.78 is 0. The predicted octanol–water partition coefficient (Wildman–Crippen LogP) is 0.909. The van der Waals surface area contributed by atoms with Gasteiger partial charge in [0.15, 0.2) is 48.8 Å². The Morgan fingerprint density at radius 1 is 0.387 bits per heavy atom. The second-order valence-electron chi connectivity index (χ2n) is 6.92. The van der Waals surface area contributed by atoms with Crippen LogP contribution in [-0.2, 0) is 0 Å². The topological polar surface area (TPSA) is 0 Å². The highest BCUT2D eigenvalue weighted by molar-refractivity contribution is 9.47. The van der Waals surface area contributed by atoms with Gasteiger partial charge in [-0.3, -0.25) is 0 Å². The van der Waals surface area contributed by atoms with Crippen LogP contribution in [0.2, 0.25) is 0 Å². The highest BCUT2D eigenvalue weighted by Crippen LogP contribution is 2.79. The van der Waals surface area contributed by atoms with E-state index in [4.69, 9.17) is 0 Å². The Morgan fingerprint density at radius 3 is 0.774 bits per heavy atom. The lowest BCUT2D eigenvalue weighted by Gasteiger charge is -2.26. The van der Waals surface area contributed by atoms with Crippen LogP contribution in [0.4, 0.5) is 0 Å². The van der Waals surface area contributed by atoms with Gasteiger partial charge in [0.1, 0.15) is 21.2 Å². The van der Waals surface area contributed by atoms with Crippen molar-refractivity contribution in [2.75, 3.05) is 5.90 Å². The van der Waals surface area contributed by atoms with Gasteiger partial charge in [-0.05, 0) is 48.5 Å². The summed E-state index contributed by atoms with van der Waals surface area (Å²) in [7, 11) is 0. The van der Waals surface area contributed by atoms with E-state index in [0.29, 0.717) is 0 Å². The lowest BCUT2D eigenvalue weighted by Crippen LogP contribution is -3.00. The van der Waals surface area contributed by atoms with Crippen molar-refractivity contribution in [3.8, 4) is 0 Å². The number of hydrogen-bond acceptors (Lipinski definition) is 0. The van der Waals surface area contributed by atoms with E-state index in [-0.39, 0.29) is 34.0 Å². The van der Waals surface area contributed by atoms with E-state index in [0.717, 1.165) is 5.90 Å². The first-order valence-electron chi connectivity index (χ1n) is 9.51. The van der Waals surface area contributed by atoms with E-state index in [1.54, 1.807) is 0 Å². The largest absolute Gasteiger partial charge is 1.00 e. The molecule has 0 bridgehead atoms. The molecule has 0 aliphatic carbocycles. The Labute approximate surface area is 223 Å². The number of benzene rings is 4. The van der Waals surface area contributed by atoms with Crippen LogP contribution >= 0.6 is 42.9 Å². The molecule has 0 radical (unpaired) electrons. The van der Waals surface area contributed by atoms with Gasteiger partial charge in [0.2, 0.25) is 0 Å². The van der Waals surface area contributed by atoms with Gasteiger partial charge in [0.25, 0.3) is 0 Å². The average molecular weight is 704 g/mol. The van der Waals surface area contributed by atoms with Crippen LogP contribution in [0.25, 0.3) is 0 Å². The third kappa shape index (κ3) is 5.97. The van der Waals surface area contributed by atoms with Crippen molar-refractivity contribution < 1.29 is 34.0 Å². The summed E-state index contributed by atoms with van der Waals surface area (Å²) >= 11 is 8.68. The van der Waals surface area contributed by atoms with E-state index in [1.165, 1.54) is 21.2 Å². The van der Waals surface area contributed by atoms with Crippen molar-refractivity contribution in [3.63, 3.8) is 0 Å². The van der Waals surface area contributed by atoms with Crippen molar-refractivity contribution in [2.45, 2.75) is 0 Å². The van der Waals surface area contributed by atoms with Crippen LogP contribution in [0.5, 0.6) is 0 Å². The molecule has 6 heteroatoms. The van der Waals surface area contributed by atoms with Gasteiger partial charge in [-0.25, -0.2) is 0 Å². The minimum Gasteiger partial charge on any atom is -1.00 e. The Kier molecular flexibility index (Phi) is 10.6. The molecule has 0 N–H and O–H groups in total. The molecule has 4 aromatic carbocycles. The molecule has 31 heavy (non-hydrogen) atoms. The van der Waals surface area contributed by atoms with Crippen LogP contribution < -0.4 is 55.2 Å². The van der Waals surface area contributed by atoms with E-state index in [9.17, 15) is 0 Å². The minimum absolute atomic E-state index is 0. The minimum atomic E-state index is -1.81. The Morgan fingerprint density at radius 2 is 0.581 bits per heavy atom. The molecule has 0 heterocycles. The summed E-state index contributed by atoms with van der Waals surface area (Å²) in [5.74, 6) is -2.59. The quantitative estimate of drug-likeness (QED) is 0.262. The van der Waals surface area contributed by atoms with Gasteiger partial charge < -0.3 is 34.0 Å². The summed E-state index contributed by atoms with van der Waals surface area (Å²) in [6.07, 6.45) is 0. The maximum atomic E-state index is 4.34. The first kappa shape index (κ1) is 26.9.